The van der Waals surface area contributed by atoms with Crippen molar-refractivity contribution in [3.63, 3.8) is 0 Å². The molecule has 0 amide bonds. The zero-order chi connectivity index (χ0) is 17.5. The van der Waals surface area contributed by atoms with Crippen LogP contribution in [-0.2, 0) is 0 Å². The Morgan fingerprint density at radius 2 is 2.04 bits per heavy atom. The summed E-state index contributed by atoms with van der Waals surface area (Å²) in [4.78, 5) is 16.3. The average Bonchev–Trinajstić information content (AvgIpc) is 2.70. The van der Waals surface area contributed by atoms with Crippen molar-refractivity contribution in [1.29, 1.82) is 0 Å². The number of aromatic nitrogens is 1. The fourth-order valence-electron chi connectivity index (χ4n) is 3.86. The summed E-state index contributed by atoms with van der Waals surface area (Å²) in [6.07, 6.45) is 4.52. The van der Waals surface area contributed by atoms with Crippen LogP contribution in [0.1, 0.15) is 19.8 Å². The largest absolute Gasteiger partial charge is 0.356 e. The molecule has 0 bridgehead atoms. The third-order valence-electron chi connectivity index (χ3n) is 5.36. The molecular formula is C19H33IN6. The van der Waals surface area contributed by atoms with Crippen molar-refractivity contribution in [2.24, 2.45) is 10.9 Å². The fourth-order valence-corrected chi connectivity index (χ4v) is 3.86. The molecule has 0 aromatic carbocycles. The Balaban J connectivity index is 0.00000243. The van der Waals surface area contributed by atoms with Crippen molar-refractivity contribution in [2.75, 3.05) is 64.3 Å². The van der Waals surface area contributed by atoms with Crippen molar-refractivity contribution in [2.45, 2.75) is 19.8 Å². The lowest BCUT2D eigenvalue weighted by atomic mass is 9.98. The number of hydrogen-bond donors (Lipinski definition) is 1. The van der Waals surface area contributed by atoms with E-state index in [2.05, 4.69) is 49.0 Å². The topological polar surface area (TPSA) is 47.0 Å². The van der Waals surface area contributed by atoms with Crippen LogP contribution in [-0.4, -0.2) is 80.1 Å². The Kier molecular flexibility index (Phi) is 8.90. The number of aliphatic imine (C=N–C) groups is 1. The van der Waals surface area contributed by atoms with E-state index in [9.17, 15) is 0 Å². The highest BCUT2D eigenvalue weighted by Gasteiger charge is 2.22. The minimum absolute atomic E-state index is 0. The molecule has 1 aromatic heterocycles. The molecule has 1 unspecified atom stereocenters. The lowest BCUT2D eigenvalue weighted by Crippen LogP contribution is -2.53. The molecule has 6 nitrogen and oxygen atoms in total. The second-order valence-electron chi connectivity index (χ2n) is 6.99. The summed E-state index contributed by atoms with van der Waals surface area (Å²) in [7, 11) is 1.90. The number of piperidine rings is 1. The molecule has 146 valence electrons. The number of guanidine groups is 1. The molecule has 1 atom stereocenters. The summed E-state index contributed by atoms with van der Waals surface area (Å²) in [6, 6.07) is 6.11. The van der Waals surface area contributed by atoms with Gasteiger partial charge >= 0.3 is 0 Å². The number of pyridine rings is 1. The summed E-state index contributed by atoms with van der Waals surface area (Å²) in [6.45, 7) is 10.9. The van der Waals surface area contributed by atoms with Crippen LogP contribution in [0.2, 0.25) is 0 Å². The zero-order valence-corrected chi connectivity index (χ0v) is 18.4. The number of likely N-dealkylation sites (tertiary alicyclic amines) is 1. The smallest absolute Gasteiger partial charge is 0.193 e. The molecule has 2 saturated heterocycles. The van der Waals surface area contributed by atoms with Crippen LogP contribution >= 0.6 is 24.0 Å². The number of hydrogen-bond acceptors (Lipinski definition) is 4. The lowest BCUT2D eigenvalue weighted by molar-refractivity contribution is 0.182. The highest BCUT2D eigenvalue weighted by atomic mass is 127. The molecule has 0 radical (unpaired) electrons. The molecule has 1 aromatic rings. The summed E-state index contributed by atoms with van der Waals surface area (Å²) in [5.41, 5.74) is 0. The van der Waals surface area contributed by atoms with Gasteiger partial charge < -0.3 is 20.0 Å². The van der Waals surface area contributed by atoms with Crippen LogP contribution in [0.4, 0.5) is 5.82 Å². The van der Waals surface area contributed by atoms with Gasteiger partial charge in [0.15, 0.2) is 5.96 Å². The van der Waals surface area contributed by atoms with Gasteiger partial charge in [-0.25, -0.2) is 4.98 Å². The van der Waals surface area contributed by atoms with Gasteiger partial charge in [0, 0.05) is 52.5 Å². The van der Waals surface area contributed by atoms with E-state index in [1.54, 1.807) is 0 Å². The summed E-state index contributed by atoms with van der Waals surface area (Å²) >= 11 is 0. The van der Waals surface area contributed by atoms with Gasteiger partial charge in [0.2, 0.25) is 0 Å². The van der Waals surface area contributed by atoms with Crippen molar-refractivity contribution in [1.82, 2.24) is 20.1 Å². The Morgan fingerprint density at radius 1 is 1.23 bits per heavy atom. The standard InChI is InChI=1S/C19H32N6.HI/c1-3-23-10-6-7-17(16-23)15-22-19(20-2)25-13-11-24(12-14-25)18-8-4-5-9-21-18;/h4-5,8-9,17H,3,6-7,10-16H2,1-2H3,(H,20,22);1H. The third-order valence-corrected chi connectivity index (χ3v) is 5.36. The second-order valence-corrected chi connectivity index (χ2v) is 6.99. The maximum Gasteiger partial charge on any atom is 0.193 e. The number of rotatable bonds is 4. The van der Waals surface area contributed by atoms with Gasteiger partial charge in [0.05, 0.1) is 0 Å². The molecule has 26 heavy (non-hydrogen) atoms. The first-order valence-electron chi connectivity index (χ1n) is 9.64. The van der Waals surface area contributed by atoms with Crippen LogP contribution < -0.4 is 10.2 Å². The number of halogens is 1. The predicted octanol–water partition coefficient (Wildman–Crippen LogP) is 2.13. The average molecular weight is 472 g/mol. The van der Waals surface area contributed by atoms with E-state index in [4.69, 9.17) is 0 Å². The van der Waals surface area contributed by atoms with Crippen LogP contribution in [0.15, 0.2) is 29.4 Å². The fraction of sp³-hybridized carbons (Fsp3) is 0.684. The van der Waals surface area contributed by atoms with Gasteiger partial charge in [0.1, 0.15) is 5.82 Å². The Morgan fingerprint density at radius 3 is 2.69 bits per heavy atom. The van der Waals surface area contributed by atoms with Crippen molar-refractivity contribution in [3.05, 3.63) is 24.4 Å². The first-order chi connectivity index (χ1) is 12.3. The number of anilines is 1. The quantitative estimate of drug-likeness (QED) is 0.414. The normalized spacial score (nSPS) is 22.1. The molecule has 2 aliphatic rings. The molecule has 7 heteroatoms. The highest BCUT2D eigenvalue weighted by molar-refractivity contribution is 14.0. The van der Waals surface area contributed by atoms with E-state index in [0.29, 0.717) is 0 Å². The maximum absolute atomic E-state index is 4.52. The van der Waals surface area contributed by atoms with E-state index >= 15 is 0 Å². The molecule has 1 N–H and O–H groups in total. The molecule has 0 spiro atoms. The molecule has 2 fully saturated rings. The van der Waals surface area contributed by atoms with E-state index in [-0.39, 0.29) is 24.0 Å². The molecule has 3 rings (SSSR count). The monoisotopic (exact) mass is 472 g/mol. The summed E-state index contributed by atoms with van der Waals surface area (Å²) in [5, 5.41) is 3.62. The highest BCUT2D eigenvalue weighted by Crippen LogP contribution is 2.16. The third kappa shape index (κ3) is 5.70. The van der Waals surface area contributed by atoms with Crippen molar-refractivity contribution < 1.29 is 0 Å². The zero-order valence-electron chi connectivity index (χ0n) is 16.1. The first-order valence-corrected chi connectivity index (χ1v) is 9.64. The molecule has 3 heterocycles. The maximum atomic E-state index is 4.52. The molecule has 0 saturated carbocycles. The van der Waals surface area contributed by atoms with Gasteiger partial charge in [-0.15, -0.1) is 24.0 Å². The van der Waals surface area contributed by atoms with Crippen LogP contribution in [0.25, 0.3) is 0 Å². The lowest BCUT2D eigenvalue weighted by Gasteiger charge is -2.38. The number of piperazine rings is 1. The minimum Gasteiger partial charge on any atom is -0.356 e. The van der Waals surface area contributed by atoms with Crippen LogP contribution in [0, 0.1) is 5.92 Å². The second kappa shape index (κ2) is 10.9. The van der Waals surface area contributed by atoms with E-state index < -0.39 is 0 Å². The van der Waals surface area contributed by atoms with E-state index in [1.165, 1.54) is 32.5 Å². The van der Waals surface area contributed by atoms with Crippen molar-refractivity contribution >= 4 is 35.8 Å². The Labute approximate surface area is 175 Å². The van der Waals surface area contributed by atoms with Crippen molar-refractivity contribution in [3.8, 4) is 0 Å². The summed E-state index contributed by atoms with van der Waals surface area (Å²) in [5.74, 6) is 2.86. The van der Waals surface area contributed by atoms with Crippen LogP contribution in [0.3, 0.4) is 0 Å². The molecule has 0 aliphatic carbocycles. The Hall–Kier alpha value is -1.09. The number of nitrogens with zero attached hydrogens (tertiary/aromatic N) is 5. The van der Waals surface area contributed by atoms with Crippen LogP contribution in [0.5, 0.6) is 0 Å². The predicted molar refractivity (Wildman–Crippen MR) is 120 cm³/mol. The minimum atomic E-state index is 0. The number of nitrogens with one attached hydrogen (secondary N) is 1. The SMILES string of the molecule is CCN1CCCC(CNC(=NC)N2CCN(c3ccccn3)CC2)C1.I. The van der Waals surface area contributed by atoms with Gasteiger partial charge in [-0.3, -0.25) is 4.99 Å². The summed E-state index contributed by atoms with van der Waals surface area (Å²) < 4.78 is 0. The van der Waals surface area contributed by atoms with Gasteiger partial charge in [0.25, 0.3) is 0 Å². The van der Waals surface area contributed by atoms with Gasteiger partial charge in [-0.1, -0.05) is 13.0 Å². The molecular weight excluding hydrogens is 439 g/mol. The van der Waals surface area contributed by atoms with Gasteiger partial charge in [-0.05, 0) is 44.0 Å². The van der Waals surface area contributed by atoms with E-state index in [1.807, 2.05) is 19.3 Å². The first kappa shape index (κ1) is 21.2. The Bertz CT molecular complexity index is 544. The molecule has 2 aliphatic heterocycles. The van der Waals surface area contributed by atoms with Gasteiger partial charge in [-0.2, -0.15) is 0 Å². The van der Waals surface area contributed by atoms with E-state index in [0.717, 1.165) is 50.4 Å².